The number of benzene rings is 1. The van der Waals surface area contributed by atoms with Crippen LogP contribution in [0.2, 0.25) is 0 Å². The molecule has 1 aliphatic rings. The molecule has 2 N–H and O–H groups in total. The highest BCUT2D eigenvalue weighted by Crippen LogP contribution is 2.39. The fourth-order valence-corrected chi connectivity index (χ4v) is 2.64. The molecule has 0 bridgehead atoms. The van der Waals surface area contributed by atoms with Gasteiger partial charge in [0, 0.05) is 6.20 Å². The molecular formula is C17H19N3O3. The topological polar surface area (TPSA) is 84.2 Å². The van der Waals surface area contributed by atoms with E-state index in [-0.39, 0.29) is 5.92 Å². The van der Waals surface area contributed by atoms with E-state index in [4.69, 9.17) is 0 Å². The van der Waals surface area contributed by atoms with Crippen molar-refractivity contribution in [2.45, 2.75) is 31.8 Å². The van der Waals surface area contributed by atoms with Crippen LogP contribution >= 0.6 is 0 Å². The van der Waals surface area contributed by atoms with E-state index < -0.39 is 17.4 Å². The van der Waals surface area contributed by atoms with Crippen LogP contribution in [0.25, 0.3) is 0 Å². The number of nitrogens with one attached hydrogen (secondary N) is 1. The summed E-state index contributed by atoms with van der Waals surface area (Å²) in [6, 6.07) is 9.79. The van der Waals surface area contributed by atoms with Crippen molar-refractivity contribution in [1.82, 2.24) is 15.1 Å². The second-order valence-corrected chi connectivity index (χ2v) is 6.15. The van der Waals surface area contributed by atoms with E-state index in [9.17, 15) is 14.7 Å². The second kappa shape index (κ2) is 5.87. The molecular weight excluding hydrogens is 294 g/mol. The molecule has 0 radical (unpaired) electrons. The maximum atomic E-state index is 12.3. The zero-order chi connectivity index (χ0) is 16.4. The molecule has 3 rings (SSSR count). The first-order chi connectivity index (χ1) is 11.0. The highest BCUT2D eigenvalue weighted by molar-refractivity contribution is 5.97. The fourth-order valence-electron chi connectivity index (χ4n) is 2.64. The van der Waals surface area contributed by atoms with Crippen molar-refractivity contribution in [3.05, 3.63) is 53.9 Å². The third-order valence-corrected chi connectivity index (χ3v) is 4.29. The number of carboxylic acid groups (broad SMARTS) is 1. The van der Waals surface area contributed by atoms with Crippen molar-refractivity contribution in [3.63, 3.8) is 0 Å². The lowest BCUT2D eigenvalue weighted by atomic mass is 9.95. The average Bonchev–Trinajstić information content (AvgIpc) is 3.29. The van der Waals surface area contributed by atoms with Crippen LogP contribution in [-0.2, 0) is 11.3 Å². The van der Waals surface area contributed by atoms with Crippen LogP contribution < -0.4 is 5.32 Å². The molecule has 0 aliphatic heterocycles. The fraction of sp³-hybridized carbons (Fsp3) is 0.353. The van der Waals surface area contributed by atoms with E-state index in [1.165, 1.54) is 6.20 Å². The van der Waals surface area contributed by atoms with Crippen LogP contribution in [0.15, 0.2) is 42.7 Å². The number of hydrogen-bond donors (Lipinski definition) is 2. The summed E-state index contributed by atoms with van der Waals surface area (Å²) >= 11 is 0. The van der Waals surface area contributed by atoms with E-state index in [0.29, 0.717) is 12.1 Å². The summed E-state index contributed by atoms with van der Waals surface area (Å²) in [5.41, 5.74) is 0.239. The van der Waals surface area contributed by atoms with Crippen molar-refractivity contribution in [2.24, 2.45) is 5.92 Å². The van der Waals surface area contributed by atoms with E-state index in [2.05, 4.69) is 10.4 Å². The van der Waals surface area contributed by atoms with Crippen molar-refractivity contribution in [2.75, 3.05) is 0 Å². The number of rotatable bonds is 6. The minimum atomic E-state index is -1.21. The van der Waals surface area contributed by atoms with Gasteiger partial charge < -0.3 is 10.4 Å². The number of carbonyl (C=O) groups excluding carboxylic acids is 1. The maximum Gasteiger partial charge on any atom is 0.329 e. The van der Waals surface area contributed by atoms with Gasteiger partial charge in [0.05, 0.1) is 18.3 Å². The summed E-state index contributed by atoms with van der Waals surface area (Å²) < 4.78 is 1.67. The molecule has 1 aromatic carbocycles. The molecule has 23 heavy (non-hydrogen) atoms. The number of amides is 1. The van der Waals surface area contributed by atoms with Crippen LogP contribution in [0.5, 0.6) is 0 Å². The predicted octanol–water partition coefficient (Wildman–Crippen LogP) is 1.91. The molecule has 1 amide bonds. The Kier molecular flexibility index (Phi) is 3.90. The molecule has 1 heterocycles. The zero-order valence-electron chi connectivity index (χ0n) is 12.9. The van der Waals surface area contributed by atoms with Gasteiger partial charge in [0.15, 0.2) is 0 Å². The van der Waals surface area contributed by atoms with Gasteiger partial charge in [0.25, 0.3) is 5.91 Å². The average molecular weight is 313 g/mol. The summed E-state index contributed by atoms with van der Waals surface area (Å²) in [7, 11) is 0. The van der Waals surface area contributed by atoms with Gasteiger partial charge in [0.1, 0.15) is 5.54 Å². The van der Waals surface area contributed by atoms with Gasteiger partial charge >= 0.3 is 5.97 Å². The number of carboxylic acids is 1. The highest BCUT2D eigenvalue weighted by Gasteiger charge is 2.48. The Bertz CT molecular complexity index is 722. The first kappa shape index (κ1) is 15.3. The Morgan fingerprint density at radius 3 is 2.65 bits per heavy atom. The van der Waals surface area contributed by atoms with Crippen molar-refractivity contribution < 1.29 is 14.7 Å². The number of aromatic nitrogens is 2. The summed E-state index contributed by atoms with van der Waals surface area (Å²) in [4.78, 5) is 23.8. The lowest BCUT2D eigenvalue weighted by molar-refractivity contribution is -0.144. The largest absolute Gasteiger partial charge is 0.480 e. The van der Waals surface area contributed by atoms with E-state index in [0.717, 1.165) is 18.4 Å². The van der Waals surface area contributed by atoms with Crippen LogP contribution in [0, 0.1) is 5.92 Å². The van der Waals surface area contributed by atoms with Gasteiger partial charge in [-0.25, -0.2) is 4.79 Å². The Hall–Kier alpha value is -2.63. The molecule has 1 aromatic heterocycles. The monoisotopic (exact) mass is 313 g/mol. The number of hydrogen-bond acceptors (Lipinski definition) is 3. The van der Waals surface area contributed by atoms with Crippen LogP contribution in [0.4, 0.5) is 0 Å². The minimum Gasteiger partial charge on any atom is -0.480 e. The molecule has 1 unspecified atom stereocenters. The second-order valence-electron chi connectivity index (χ2n) is 6.15. The van der Waals surface area contributed by atoms with Crippen molar-refractivity contribution >= 4 is 11.9 Å². The summed E-state index contributed by atoms with van der Waals surface area (Å²) in [5, 5.41) is 16.2. The Balaban J connectivity index is 1.70. The third kappa shape index (κ3) is 3.26. The van der Waals surface area contributed by atoms with Crippen molar-refractivity contribution in [3.8, 4) is 0 Å². The van der Waals surface area contributed by atoms with Crippen LogP contribution in [0.3, 0.4) is 0 Å². The molecule has 1 saturated carbocycles. The number of carbonyl (C=O) groups is 2. The molecule has 6 nitrogen and oxygen atoms in total. The number of nitrogens with zero attached hydrogens (tertiary/aromatic N) is 2. The smallest absolute Gasteiger partial charge is 0.329 e. The summed E-state index contributed by atoms with van der Waals surface area (Å²) in [6.07, 6.45) is 4.76. The summed E-state index contributed by atoms with van der Waals surface area (Å²) in [6.45, 7) is 2.13. The third-order valence-electron chi connectivity index (χ3n) is 4.29. The van der Waals surface area contributed by atoms with Gasteiger partial charge in [-0.1, -0.05) is 30.3 Å². The normalized spacial score (nSPS) is 16.6. The SMILES string of the molecule is CC(NC(=O)c1cnn(Cc2ccccc2)c1)(C(=O)O)C1CC1. The van der Waals surface area contributed by atoms with E-state index in [1.54, 1.807) is 17.8 Å². The number of aliphatic carboxylic acids is 1. The van der Waals surface area contributed by atoms with Crippen LogP contribution in [0.1, 0.15) is 35.7 Å². The lowest BCUT2D eigenvalue weighted by Crippen LogP contribution is -2.53. The van der Waals surface area contributed by atoms with Gasteiger partial charge in [-0.05, 0) is 31.2 Å². The molecule has 6 heteroatoms. The quantitative estimate of drug-likeness (QED) is 0.853. The maximum absolute atomic E-state index is 12.3. The molecule has 1 fully saturated rings. The molecule has 2 aromatic rings. The predicted molar refractivity (Wildman–Crippen MR) is 84.0 cm³/mol. The Labute approximate surface area is 134 Å². The molecule has 120 valence electrons. The van der Waals surface area contributed by atoms with Gasteiger partial charge in [-0.2, -0.15) is 5.10 Å². The van der Waals surface area contributed by atoms with E-state index in [1.807, 2.05) is 30.3 Å². The van der Waals surface area contributed by atoms with Gasteiger partial charge in [0.2, 0.25) is 0 Å². The lowest BCUT2D eigenvalue weighted by Gasteiger charge is -2.25. The molecule has 0 saturated heterocycles. The summed E-state index contributed by atoms with van der Waals surface area (Å²) in [5.74, 6) is -1.39. The standard InChI is InChI=1S/C17H19N3O3/c1-17(16(22)23,14-7-8-14)19-15(21)13-9-18-20(11-13)10-12-5-3-2-4-6-12/h2-6,9,11,14H,7-8,10H2,1H3,(H,19,21)(H,22,23). The van der Waals surface area contributed by atoms with E-state index >= 15 is 0 Å². The van der Waals surface area contributed by atoms with Crippen LogP contribution in [-0.4, -0.2) is 32.3 Å². The van der Waals surface area contributed by atoms with Gasteiger partial charge in [-0.15, -0.1) is 0 Å². The highest BCUT2D eigenvalue weighted by atomic mass is 16.4. The molecule has 1 atom stereocenters. The Morgan fingerprint density at radius 1 is 1.35 bits per heavy atom. The van der Waals surface area contributed by atoms with Crippen molar-refractivity contribution in [1.29, 1.82) is 0 Å². The molecule has 1 aliphatic carbocycles. The Morgan fingerprint density at radius 2 is 2.04 bits per heavy atom. The molecule has 0 spiro atoms. The van der Waals surface area contributed by atoms with Gasteiger partial charge in [-0.3, -0.25) is 9.48 Å². The first-order valence-electron chi connectivity index (χ1n) is 7.61. The minimum absolute atomic E-state index is 0.00307. The zero-order valence-corrected chi connectivity index (χ0v) is 12.9. The first-order valence-corrected chi connectivity index (χ1v) is 7.61.